The van der Waals surface area contributed by atoms with Gasteiger partial charge < -0.3 is 15.6 Å². The molecule has 3 heteroatoms. The Kier molecular flexibility index (Phi) is 4.94. The molecule has 60 valence electrons. The van der Waals surface area contributed by atoms with Crippen molar-refractivity contribution in [3.8, 4) is 0 Å². The second kappa shape index (κ2) is 5.23. The average Bonchev–Trinajstić information content (AvgIpc) is 1.85. The third-order valence-corrected chi connectivity index (χ3v) is 1.45. The van der Waals surface area contributed by atoms with Crippen molar-refractivity contribution >= 4 is 5.97 Å². The molecule has 0 aliphatic rings. The van der Waals surface area contributed by atoms with Crippen molar-refractivity contribution in [2.75, 3.05) is 0 Å². The van der Waals surface area contributed by atoms with Gasteiger partial charge in [-0.05, 0) is 12.8 Å². The zero-order valence-electron chi connectivity index (χ0n) is 6.43. The SMILES string of the molecule is CCC[C@@H]([NH3+])CCC(=O)[O-]. The molecule has 0 aromatic heterocycles. The molecule has 10 heavy (non-hydrogen) atoms. The maximum Gasteiger partial charge on any atom is 0.0847 e. The van der Waals surface area contributed by atoms with E-state index in [1.165, 1.54) is 0 Å². The standard InChI is InChI=1S/C7H15NO2/c1-2-3-6(8)4-5-7(9)10/h6H,2-5,8H2,1H3,(H,9,10)/t6-/m1/s1. The molecule has 0 radical (unpaired) electrons. The summed E-state index contributed by atoms with van der Waals surface area (Å²) >= 11 is 0. The number of hydrogen-bond donors (Lipinski definition) is 1. The van der Waals surface area contributed by atoms with Crippen LogP contribution in [-0.4, -0.2) is 12.0 Å². The molecule has 0 rings (SSSR count). The lowest BCUT2D eigenvalue weighted by Gasteiger charge is -2.06. The molecule has 0 saturated carbocycles. The highest BCUT2D eigenvalue weighted by molar-refractivity contribution is 5.64. The van der Waals surface area contributed by atoms with Crippen LogP contribution in [0.5, 0.6) is 0 Å². The first-order chi connectivity index (χ1) is 4.66. The monoisotopic (exact) mass is 145 g/mol. The van der Waals surface area contributed by atoms with Crippen LogP contribution < -0.4 is 10.8 Å². The van der Waals surface area contributed by atoms with Gasteiger partial charge in [-0.3, -0.25) is 0 Å². The molecule has 0 aliphatic heterocycles. The van der Waals surface area contributed by atoms with Crippen LogP contribution in [0.4, 0.5) is 0 Å². The average molecular weight is 145 g/mol. The van der Waals surface area contributed by atoms with Crippen molar-refractivity contribution in [3.63, 3.8) is 0 Å². The molecular formula is C7H15NO2. The van der Waals surface area contributed by atoms with Gasteiger partial charge >= 0.3 is 0 Å². The molecule has 0 aliphatic carbocycles. The van der Waals surface area contributed by atoms with E-state index in [2.05, 4.69) is 12.7 Å². The number of carboxylic acids is 1. The van der Waals surface area contributed by atoms with Gasteiger partial charge in [0.05, 0.1) is 6.04 Å². The summed E-state index contributed by atoms with van der Waals surface area (Å²) in [5.74, 6) is -0.968. The molecule has 0 aromatic rings. The topological polar surface area (TPSA) is 67.8 Å². The lowest BCUT2D eigenvalue weighted by Crippen LogP contribution is -2.60. The number of quaternary nitrogens is 1. The van der Waals surface area contributed by atoms with Crippen molar-refractivity contribution in [2.45, 2.75) is 38.6 Å². The van der Waals surface area contributed by atoms with E-state index in [0.29, 0.717) is 6.42 Å². The highest BCUT2D eigenvalue weighted by Crippen LogP contribution is 1.98. The zero-order valence-corrected chi connectivity index (χ0v) is 6.43. The van der Waals surface area contributed by atoms with E-state index in [1.54, 1.807) is 0 Å². The summed E-state index contributed by atoms with van der Waals surface area (Å²) < 4.78 is 0. The van der Waals surface area contributed by atoms with Crippen LogP contribution in [-0.2, 0) is 4.79 Å². The van der Waals surface area contributed by atoms with Crippen molar-refractivity contribution in [2.24, 2.45) is 0 Å². The Morgan fingerprint density at radius 3 is 2.60 bits per heavy atom. The Morgan fingerprint density at radius 1 is 1.60 bits per heavy atom. The fourth-order valence-electron chi connectivity index (χ4n) is 0.875. The summed E-state index contributed by atoms with van der Waals surface area (Å²) in [5, 5.41) is 9.97. The largest absolute Gasteiger partial charge is 0.550 e. The number of carboxylic acid groups (broad SMARTS) is 1. The predicted octanol–water partition coefficient (Wildman–Crippen LogP) is -1.07. The Bertz CT molecular complexity index is 104. The minimum absolute atomic E-state index is 0.147. The molecular weight excluding hydrogens is 130 g/mol. The molecule has 0 heterocycles. The number of carbonyl (C=O) groups is 1. The van der Waals surface area contributed by atoms with Crippen molar-refractivity contribution in [1.29, 1.82) is 0 Å². The third-order valence-electron chi connectivity index (χ3n) is 1.45. The molecule has 3 nitrogen and oxygen atoms in total. The van der Waals surface area contributed by atoms with Crippen LogP contribution in [0.25, 0.3) is 0 Å². The van der Waals surface area contributed by atoms with Gasteiger partial charge in [-0.2, -0.15) is 0 Å². The van der Waals surface area contributed by atoms with E-state index in [-0.39, 0.29) is 12.5 Å². The highest BCUT2D eigenvalue weighted by Gasteiger charge is 2.03. The van der Waals surface area contributed by atoms with Crippen LogP contribution in [0.1, 0.15) is 32.6 Å². The van der Waals surface area contributed by atoms with Gasteiger partial charge in [0.1, 0.15) is 0 Å². The molecule has 0 aromatic carbocycles. The van der Waals surface area contributed by atoms with E-state index in [1.807, 2.05) is 0 Å². The Balaban J connectivity index is 3.21. The number of hydrogen-bond acceptors (Lipinski definition) is 2. The molecule has 0 spiro atoms. The highest BCUT2D eigenvalue weighted by atomic mass is 16.4. The van der Waals surface area contributed by atoms with E-state index >= 15 is 0 Å². The van der Waals surface area contributed by atoms with Crippen molar-refractivity contribution in [3.05, 3.63) is 0 Å². The summed E-state index contributed by atoms with van der Waals surface area (Å²) in [6.07, 6.45) is 2.87. The van der Waals surface area contributed by atoms with E-state index in [4.69, 9.17) is 0 Å². The van der Waals surface area contributed by atoms with E-state index in [9.17, 15) is 9.90 Å². The first-order valence-corrected chi connectivity index (χ1v) is 3.69. The lowest BCUT2D eigenvalue weighted by molar-refractivity contribution is -0.423. The summed E-state index contributed by atoms with van der Waals surface area (Å²) in [6, 6.07) is 0.280. The second-order valence-corrected chi connectivity index (χ2v) is 2.57. The van der Waals surface area contributed by atoms with Crippen LogP contribution >= 0.6 is 0 Å². The molecule has 0 saturated heterocycles. The maximum atomic E-state index is 9.97. The molecule has 3 N–H and O–H groups in total. The van der Waals surface area contributed by atoms with Gasteiger partial charge in [-0.25, -0.2) is 0 Å². The molecule has 0 amide bonds. The van der Waals surface area contributed by atoms with Crippen molar-refractivity contribution < 1.29 is 15.6 Å². The fraction of sp³-hybridized carbons (Fsp3) is 0.857. The minimum atomic E-state index is -0.968. The Labute approximate surface area is 61.2 Å². The second-order valence-electron chi connectivity index (χ2n) is 2.57. The number of rotatable bonds is 5. The fourth-order valence-corrected chi connectivity index (χ4v) is 0.875. The summed E-state index contributed by atoms with van der Waals surface area (Å²) in [5.41, 5.74) is 3.81. The molecule has 0 fully saturated rings. The van der Waals surface area contributed by atoms with E-state index < -0.39 is 5.97 Å². The minimum Gasteiger partial charge on any atom is -0.550 e. The first kappa shape index (κ1) is 9.43. The van der Waals surface area contributed by atoms with Gasteiger partial charge in [-0.1, -0.05) is 13.3 Å². The van der Waals surface area contributed by atoms with Crippen molar-refractivity contribution in [1.82, 2.24) is 0 Å². The van der Waals surface area contributed by atoms with Gasteiger partial charge in [0.2, 0.25) is 0 Å². The Hall–Kier alpha value is -0.570. The lowest BCUT2D eigenvalue weighted by atomic mass is 10.1. The van der Waals surface area contributed by atoms with Crippen LogP contribution in [0.3, 0.4) is 0 Å². The van der Waals surface area contributed by atoms with Gasteiger partial charge in [0.25, 0.3) is 0 Å². The molecule has 1 atom stereocenters. The van der Waals surface area contributed by atoms with E-state index in [0.717, 1.165) is 12.8 Å². The smallest absolute Gasteiger partial charge is 0.0847 e. The summed E-state index contributed by atoms with van der Waals surface area (Å²) in [4.78, 5) is 9.97. The predicted molar refractivity (Wildman–Crippen MR) is 35.8 cm³/mol. The Morgan fingerprint density at radius 2 is 2.20 bits per heavy atom. The normalized spacial score (nSPS) is 13.0. The summed E-state index contributed by atoms with van der Waals surface area (Å²) in [6.45, 7) is 2.07. The van der Waals surface area contributed by atoms with Crippen LogP contribution in [0, 0.1) is 0 Å². The van der Waals surface area contributed by atoms with Gasteiger partial charge in [-0.15, -0.1) is 0 Å². The van der Waals surface area contributed by atoms with Gasteiger partial charge in [0.15, 0.2) is 0 Å². The van der Waals surface area contributed by atoms with Crippen LogP contribution in [0.15, 0.2) is 0 Å². The maximum absolute atomic E-state index is 9.97. The third kappa shape index (κ3) is 5.56. The van der Waals surface area contributed by atoms with Crippen LogP contribution in [0.2, 0.25) is 0 Å². The summed E-state index contributed by atoms with van der Waals surface area (Å²) in [7, 11) is 0. The first-order valence-electron chi connectivity index (χ1n) is 3.69. The zero-order chi connectivity index (χ0) is 7.98. The molecule has 0 bridgehead atoms. The number of aliphatic carboxylic acids is 1. The quantitative estimate of drug-likeness (QED) is 0.535. The number of carbonyl (C=O) groups excluding carboxylic acids is 1. The van der Waals surface area contributed by atoms with Gasteiger partial charge in [0, 0.05) is 12.4 Å². The molecule has 0 unspecified atom stereocenters.